The van der Waals surface area contributed by atoms with Crippen molar-refractivity contribution in [3.63, 3.8) is 0 Å². The molecule has 19 heavy (non-hydrogen) atoms. The summed E-state index contributed by atoms with van der Waals surface area (Å²) < 4.78 is 0. The summed E-state index contributed by atoms with van der Waals surface area (Å²) in [6.45, 7) is 8.26. The van der Waals surface area contributed by atoms with E-state index < -0.39 is 0 Å². The first-order valence-corrected chi connectivity index (χ1v) is 6.30. The van der Waals surface area contributed by atoms with Crippen molar-refractivity contribution in [3.05, 3.63) is 47.2 Å². The highest BCUT2D eigenvalue weighted by atomic mass is 16.1. The van der Waals surface area contributed by atoms with Crippen LogP contribution >= 0.6 is 0 Å². The Hall–Kier alpha value is -2.10. The number of benzene rings is 1. The van der Waals surface area contributed by atoms with Crippen molar-refractivity contribution in [1.29, 1.82) is 0 Å². The number of nitrogens with one attached hydrogen (secondary N) is 2. The molecular weight excluding hydrogens is 238 g/mol. The van der Waals surface area contributed by atoms with Gasteiger partial charge in [0, 0.05) is 22.7 Å². The Balaban J connectivity index is 2.11. The Morgan fingerprint density at radius 2 is 1.84 bits per heavy atom. The largest absolute Gasteiger partial charge is 0.305 e. The summed E-state index contributed by atoms with van der Waals surface area (Å²) in [4.78, 5) is 12.0. The predicted molar refractivity (Wildman–Crippen MR) is 76.4 cm³/mol. The SMILES string of the molecule is Cc1ccc(C(=O)Nc2cc(C(C)(C)C)[nH]n2)cc1. The first kappa shape index (κ1) is 13.3. The third kappa shape index (κ3) is 3.22. The van der Waals surface area contributed by atoms with Crippen LogP contribution in [0.3, 0.4) is 0 Å². The number of carbonyl (C=O) groups excluding carboxylic acids is 1. The number of aryl methyl sites for hydroxylation is 1. The van der Waals surface area contributed by atoms with Gasteiger partial charge >= 0.3 is 0 Å². The molecular formula is C15H19N3O. The molecule has 4 heteroatoms. The number of H-pyrrole nitrogens is 1. The molecule has 0 aliphatic heterocycles. The summed E-state index contributed by atoms with van der Waals surface area (Å²) in [5, 5.41) is 9.84. The second kappa shape index (κ2) is 4.88. The van der Waals surface area contributed by atoms with E-state index in [-0.39, 0.29) is 11.3 Å². The maximum atomic E-state index is 12.0. The lowest BCUT2D eigenvalue weighted by Gasteiger charge is -2.14. The molecule has 0 aliphatic carbocycles. The van der Waals surface area contributed by atoms with Gasteiger partial charge in [0.25, 0.3) is 5.91 Å². The number of nitrogens with zero attached hydrogens (tertiary/aromatic N) is 1. The lowest BCUT2D eigenvalue weighted by atomic mass is 9.92. The Labute approximate surface area is 113 Å². The second-order valence-corrected chi connectivity index (χ2v) is 5.74. The maximum Gasteiger partial charge on any atom is 0.256 e. The van der Waals surface area contributed by atoms with Crippen LogP contribution in [0, 0.1) is 6.92 Å². The fraction of sp³-hybridized carbons (Fsp3) is 0.333. The molecule has 0 fully saturated rings. The average Bonchev–Trinajstić information content (AvgIpc) is 2.78. The Kier molecular flexibility index (Phi) is 3.42. The lowest BCUT2D eigenvalue weighted by Crippen LogP contribution is -2.12. The standard InChI is InChI=1S/C15H19N3O/c1-10-5-7-11(8-6-10)14(19)16-13-9-12(17-18-13)15(2,3)4/h5-9H,1-4H3,(H2,16,17,18,19). The molecule has 2 rings (SSSR count). The first-order valence-electron chi connectivity index (χ1n) is 6.30. The van der Waals surface area contributed by atoms with Crippen molar-refractivity contribution >= 4 is 11.7 Å². The molecule has 1 aromatic carbocycles. The zero-order valence-corrected chi connectivity index (χ0v) is 11.7. The van der Waals surface area contributed by atoms with Crippen LogP contribution in [0.25, 0.3) is 0 Å². The molecule has 4 nitrogen and oxygen atoms in total. The number of anilines is 1. The first-order chi connectivity index (χ1) is 8.86. The summed E-state index contributed by atoms with van der Waals surface area (Å²) in [6, 6.07) is 9.32. The molecule has 1 aromatic heterocycles. The number of rotatable bonds is 2. The fourth-order valence-electron chi connectivity index (χ4n) is 1.66. The third-order valence-corrected chi connectivity index (χ3v) is 2.94. The molecule has 0 saturated carbocycles. The number of hydrogen-bond donors (Lipinski definition) is 2. The van der Waals surface area contributed by atoms with E-state index in [1.54, 1.807) is 0 Å². The van der Waals surface area contributed by atoms with E-state index >= 15 is 0 Å². The molecule has 1 heterocycles. The van der Waals surface area contributed by atoms with Crippen LogP contribution in [0.5, 0.6) is 0 Å². The van der Waals surface area contributed by atoms with Gasteiger partial charge in [-0.2, -0.15) is 5.10 Å². The Bertz CT molecular complexity index is 576. The van der Waals surface area contributed by atoms with E-state index in [1.807, 2.05) is 37.3 Å². The molecule has 0 radical (unpaired) electrons. The van der Waals surface area contributed by atoms with Crippen molar-refractivity contribution in [2.75, 3.05) is 5.32 Å². The molecule has 100 valence electrons. The van der Waals surface area contributed by atoms with E-state index in [2.05, 4.69) is 36.3 Å². The molecule has 0 atom stereocenters. The van der Waals surface area contributed by atoms with Crippen molar-refractivity contribution in [3.8, 4) is 0 Å². The minimum Gasteiger partial charge on any atom is -0.305 e. The quantitative estimate of drug-likeness (QED) is 0.867. The van der Waals surface area contributed by atoms with Gasteiger partial charge in [-0.1, -0.05) is 38.5 Å². The van der Waals surface area contributed by atoms with Crippen LogP contribution in [0.15, 0.2) is 30.3 Å². The van der Waals surface area contributed by atoms with Crippen molar-refractivity contribution < 1.29 is 4.79 Å². The van der Waals surface area contributed by atoms with Crippen LogP contribution < -0.4 is 5.32 Å². The second-order valence-electron chi connectivity index (χ2n) is 5.74. The molecule has 1 amide bonds. The molecule has 0 spiro atoms. The van der Waals surface area contributed by atoms with Crippen LogP contribution in [0.1, 0.15) is 42.4 Å². The van der Waals surface area contributed by atoms with Gasteiger partial charge in [0.15, 0.2) is 5.82 Å². The molecule has 0 unspecified atom stereocenters. The van der Waals surface area contributed by atoms with Crippen LogP contribution in [0.2, 0.25) is 0 Å². The molecule has 2 N–H and O–H groups in total. The van der Waals surface area contributed by atoms with Crippen LogP contribution in [0.4, 0.5) is 5.82 Å². The number of aromatic nitrogens is 2. The highest BCUT2D eigenvalue weighted by Crippen LogP contribution is 2.22. The number of amides is 1. The van der Waals surface area contributed by atoms with E-state index in [0.717, 1.165) is 11.3 Å². The fourth-order valence-corrected chi connectivity index (χ4v) is 1.66. The van der Waals surface area contributed by atoms with Gasteiger partial charge < -0.3 is 5.32 Å². The summed E-state index contributed by atoms with van der Waals surface area (Å²) in [6.07, 6.45) is 0. The summed E-state index contributed by atoms with van der Waals surface area (Å²) in [5.41, 5.74) is 2.74. The van der Waals surface area contributed by atoms with Gasteiger partial charge in [0.2, 0.25) is 0 Å². The van der Waals surface area contributed by atoms with Gasteiger partial charge in [-0.3, -0.25) is 9.89 Å². The minimum absolute atomic E-state index is 0.0141. The van der Waals surface area contributed by atoms with Gasteiger partial charge in [0.1, 0.15) is 0 Å². The monoisotopic (exact) mass is 257 g/mol. The summed E-state index contributed by atoms with van der Waals surface area (Å²) in [5.74, 6) is 0.405. The maximum absolute atomic E-state index is 12.0. The highest BCUT2D eigenvalue weighted by Gasteiger charge is 2.17. The summed E-state index contributed by atoms with van der Waals surface area (Å²) >= 11 is 0. The zero-order valence-electron chi connectivity index (χ0n) is 11.7. The Morgan fingerprint density at radius 1 is 1.21 bits per heavy atom. The van der Waals surface area contributed by atoms with Gasteiger partial charge in [0.05, 0.1) is 0 Å². The third-order valence-electron chi connectivity index (χ3n) is 2.94. The molecule has 0 aliphatic rings. The van der Waals surface area contributed by atoms with Gasteiger partial charge in [-0.05, 0) is 19.1 Å². The van der Waals surface area contributed by atoms with Gasteiger partial charge in [-0.25, -0.2) is 0 Å². The van der Waals surface area contributed by atoms with Gasteiger partial charge in [-0.15, -0.1) is 0 Å². The van der Waals surface area contributed by atoms with Crippen LogP contribution in [-0.2, 0) is 5.41 Å². The van der Waals surface area contributed by atoms with Crippen LogP contribution in [-0.4, -0.2) is 16.1 Å². The normalized spacial score (nSPS) is 11.4. The number of aromatic amines is 1. The van der Waals surface area contributed by atoms with E-state index in [1.165, 1.54) is 0 Å². The summed E-state index contributed by atoms with van der Waals surface area (Å²) in [7, 11) is 0. The zero-order chi connectivity index (χ0) is 14.0. The average molecular weight is 257 g/mol. The lowest BCUT2D eigenvalue weighted by molar-refractivity contribution is 0.102. The molecule has 0 bridgehead atoms. The van der Waals surface area contributed by atoms with Crippen molar-refractivity contribution in [1.82, 2.24) is 10.2 Å². The minimum atomic E-state index is -0.146. The number of hydrogen-bond acceptors (Lipinski definition) is 2. The van der Waals surface area contributed by atoms with E-state index in [0.29, 0.717) is 11.4 Å². The van der Waals surface area contributed by atoms with Crippen molar-refractivity contribution in [2.45, 2.75) is 33.1 Å². The molecule has 2 aromatic rings. The highest BCUT2D eigenvalue weighted by molar-refractivity contribution is 6.03. The smallest absolute Gasteiger partial charge is 0.256 e. The Morgan fingerprint density at radius 3 is 2.37 bits per heavy atom. The van der Waals surface area contributed by atoms with E-state index in [9.17, 15) is 4.79 Å². The number of carbonyl (C=O) groups is 1. The van der Waals surface area contributed by atoms with Crippen molar-refractivity contribution in [2.24, 2.45) is 0 Å². The predicted octanol–water partition coefficient (Wildman–Crippen LogP) is 3.27. The van der Waals surface area contributed by atoms with E-state index in [4.69, 9.17) is 0 Å². The molecule has 0 saturated heterocycles. The topological polar surface area (TPSA) is 57.8 Å².